The molecule has 7 heteroatoms. The summed E-state index contributed by atoms with van der Waals surface area (Å²) in [5.41, 5.74) is 1.91. The van der Waals surface area contributed by atoms with Crippen LogP contribution in [0.15, 0.2) is 18.2 Å². The van der Waals surface area contributed by atoms with Crippen LogP contribution in [0.25, 0.3) is 0 Å². The van der Waals surface area contributed by atoms with E-state index in [9.17, 15) is 9.59 Å². The average molecular weight is 333 g/mol. The summed E-state index contributed by atoms with van der Waals surface area (Å²) in [7, 11) is 0.651. The maximum Gasteiger partial charge on any atom is 0.247 e. The van der Waals surface area contributed by atoms with Gasteiger partial charge < -0.3 is 15.0 Å². The Balaban J connectivity index is 1.95. The molecule has 1 aromatic carbocycles. The number of anilines is 2. The van der Waals surface area contributed by atoms with E-state index in [2.05, 4.69) is 22.5 Å². The molecule has 2 aliphatic heterocycles. The first kappa shape index (κ1) is 15.9. The van der Waals surface area contributed by atoms with Crippen molar-refractivity contribution in [1.29, 1.82) is 0 Å². The maximum absolute atomic E-state index is 12.5. The number of benzene rings is 1. The van der Waals surface area contributed by atoms with Crippen LogP contribution in [0.3, 0.4) is 0 Å². The van der Waals surface area contributed by atoms with Crippen LogP contribution < -0.4 is 20.3 Å². The summed E-state index contributed by atoms with van der Waals surface area (Å²) in [4.78, 5) is 26.1. The van der Waals surface area contributed by atoms with Crippen LogP contribution in [0.4, 0.5) is 11.4 Å². The topological polar surface area (TPSA) is 70.7 Å². The SMILES string of the molecule is CCCNc1cccc2c1OCCN2[C@]1([SiH3])CCC(=O)NC1=O. The lowest BCUT2D eigenvalue weighted by Gasteiger charge is -2.46. The molecule has 3 rings (SSSR count). The Kier molecular flexibility index (Phi) is 4.30. The number of rotatable bonds is 4. The van der Waals surface area contributed by atoms with Gasteiger partial charge in [-0.1, -0.05) is 13.0 Å². The molecule has 0 unspecified atom stereocenters. The Morgan fingerprint density at radius 3 is 3.00 bits per heavy atom. The fourth-order valence-corrected chi connectivity index (χ4v) is 4.05. The number of imide groups is 1. The molecular weight excluding hydrogens is 310 g/mol. The fraction of sp³-hybridized carbons (Fsp3) is 0.500. The van der Waals surface area contributed by atoms with E-state index in [0.29, 0.717) is 36.2 Å². The number of fused-ring (bicyclic) bond motifs is 1. The first-order valence-electron chi connectivity index (χ1n) is 8.18. The number of ether oxygens (including phenoxy) is 1. The van der Waals surface area contributed by atoms with Gasteiger partial charge in [-0.15, -0.1) is 0 Å². The van der Waals surface area contributed by atoms with E-state index in [1.54, 1.807) is 0 Å². The third-order valence-corrected chi connectivity index (χ3v) is 6.08. The van der Waals surface area contributed by atoms with Crippen LogP contribution in [0.2, 0.25) is 0 Å². The molecule has 2 amide bonds. The number of nitrogens with one attached hydrogen (secondary N) is 2. The van der Waals surface area contributed by atoms with E-state index in [1.165, 1.54) is 0 Å². The highest BCUT2D eigenvalue weighted by Gasteiger charge is 2.45. The Morgan fingerprint density at radius 2 is 2.26 bits per heavy atom. The summed E-state index contributed by atoms with van der Waals surface area (Å²) in [5, 5.41) is 5.30. The van der Waals surface area contributed by atoms with Gasteiger partial charge in [-0.2, -0.15) is 0 Å². The lowest BCUT2D eigenvalue weighted by atomic mass is 10.0. The molecule has 0 spiro atoms. The van der Waals surface area contributed by atoms with Gasteiger partial charge in [-0.05, 0) is 25.0 Å². The predicted molar refractivity (Wildman–Crippen MR) is 93.1 cm³/mol. The van der Waals surface area contributed by atoms with Gasteiger partial charge >= 0.3 is 0 Å². The van der Waals surface area contributed by atoms with Crippen LogP contribution in [-0.4, -0.2) is 46.9 Å². The Labute approximate surface area is 139 Å². The second kappa shape index (κ2) is 6.23. The van der Waals surface area contributed by atoms with Crippen LogP contribution in [-0.2, 0) is 9.59 Å². The molecule has 23 heavy (non-hydrogen) atoms. The van der Waals surface area contributed by atoms with Crippen molar-refractivity contribution in [2.45, 2.75) is 31.3 Å². The molecule has 6 nitrogen and oxygen atoms in total. The van der Waals surface area contributed by atoms with Crippen molar-refractivity contribution in [3.8, 4) is 5.75 Å². The summed E-state index contributed by atoms with van der Waals surface area (Å²) in [5.74, 6) is 0.473. The third-order valence-electron chi connectivity index (χ3n) is 4.59. The molecule has 1 fully saturated rings. The second-order valence-electron chi connectivity index (χ2n) is 6.23. The summed E-state index contributed by atoms with van der Waals surface area (Å²) in [6, 6.07) is 5.98. The monoisotopic (exact) mass is 333 g/mol. The van der Waals surface area contributed by atoms with Crippen molar-refractivity contribution in [1.82, 2.24) is 5.32 Å². The highest BCUT2D eigenvalue weighted by atomic mass is 28.1. The summed E-state index contributed by atoms with van der Waals surface area (Å²) in [6.07, 6.45) is 2.01. The Bertz CT molecular complexity index is 637. The van der Waals surface area contributed by atoms with Gasteiger partial charge in [0.25, 0.3) is 0 Å². The van der Waals surface area contributed by atoms with Crippen molar-refractivity contribution >= 4 is 33.4 Å². The van der Waals surface area contributed by atoms with E-state index in [1.807, 2.05) is 18.2 Å². The van der Waals surface area contributed by atoms with E-state index in [4.69, 9.17) is 4.74 Å². The fourth-order valence-electron chi connectivity index (χ4n) is 3.21. The number of hydrogen-bond donors (Lipinski definition) is 2. The minimum Gasteiger partial charge on any atom is -0.487 e. The molecule has 0 radical (unpaired) electrons. The lowest BCUT2D eigenvalue weighted by molar-refractivity contribution is -0.135. The van der Waals surface area contributed by atoms with Crippen LogP contribution in [0, 0.1) is 0 Å². The molecule has 1 saturated heterocycles. The molecule has 0 bridgehead atoms. The van der Waals surface area contributed by atoms with Crippen LogP contribution in [0.5, 0.6) is 5.75 Å². The third kappa shape index (κ3) is 2.80. The van der Waals surface area contributed by atoms with Crippen molar-refractivity contribution in [3.63, 3.8) is 0 Å². The number of nitrogens with zero attached hydrogens (tertiary/aromatic N) is 1. The largest absolute Gasteiger partial charge is 0.487 e. The smallest absolute Gasteiger partial charge is 0.247 e. The van der Waals surface area contributed by atoms with Gasteiger partial charge in [0.2, 0.25) is 11.8 Å². The molecule has 2 heterocycles. The van der Waals surface area contributed by atoms with Crippen molar-refractivity contribution < 1.29 is 14.3 Å². The quantitative estimate of drug-likeness (QED) is 0.609. The Morgan fingerprint density at radius 1 is 1.43 bits per heavy atom. The number of carbonyl (C=O) groups is 2. The average Bonchev–Trinajstić information content (AvgIpc) is 2.56. The molecule has 2 aliphatic rings. The minimum absolute atomic E-state index is 0.166. The number of carbonyl (C=O) groups excluding carboxylic acids is 2. The number of amides is 2. The molecule has 0 aromatic heterocycles. The van der Waals surface area contributed by atoms with Crippen LogP contribution >= 0.6 is 0 Å². The van der Waals surface area contributed by atoms with Gasteiger partial charge in [0.15, 0.2) is 5.75 Å². The lowest BCUT2D eigenvalue weighted by Crippen LogP contribution is -2.65. The van der Waals surface area contributed by atoms with E-state index in [-0.39, 0.29) is 11.8 Å². The van der Waals surface area contributed by atoms with Gasteiger partial charge in [-0.25, -0.2) is 0 Å². The highest BCUT2D eigenvalue weighted by molar-refractivity contribution is 6.33. The van der Waals surface area contributed by atoms with Gasteiger partial charge in [0, 0.05) is 23.2 Å². The molecule has 0 aliphatic carbocycles. The second-order valence-corrected chi connectivity index (χ2v) is 7.89. The first-order valence-corrected chi connectivity index (χ1v) is 9.18. The predicted octanol–water partition coefficient (Wildman–Crippen LogP) is 0.206. The molecule has 1 atom stereocenters. The van der Waals surface area contributed by atoms with Crippen molar-refractivity contribution in [2.75, 3.05) is 29.9 Å². The standard InChI is InChI=1S/C16H23N3O3Si/c1-2-8-17-11-4-3-5-12-14(11)22-10-9-19(12)16(23)7-6-13(20)18-15(16)21/h3-5,17H,2,6-10H2,1,23H3,(H,18,20,21)/t16-/m0/s1. The van der Waals surface area contributed by atoms with Crippen LogP contribution in [0.1, 0.15) is 26.2 Å². The van der Waals surface area contributed by atoms with Crippen molar-refractivity contribution in [2.24, 2.45) is 0 Å². The minimum atomic E-state index is -0.587. The summed E-state index contributed by atoms with van der Waals surface area (Å²) in [6.45, 7) is 4.20. The molecular formula is C16H23N3O3Si. The molecule has 124 valence electrons. The highest BCUT2D eigenvalue weighted by Crippen LogP contribution is 2.42. The summed E-state index contributed by atoms with van der Waals surface area (Å²) < 4.78 is 5.89. The van der Waals surface area contributed by atoms with Gasteiger partial charge in [0.1, 0.15) is 6.61 Å². The first-order chi connectivity index (χ1) is 11.1. The number of hydrogen-bond acceptors (Lipinski definition) is 5. The summed E-state index contributed by atoms with van der Waals surface area (Å²) >= 11 is 0. The normalized spacial score (nSPS) is 24.0. The van der Waals surface area contributed by atoms with E-state index in [0.717, 1.165) is 30.1 Å². The molecule has 1 aromatic rings. The van der Waals surface area contributed by atoms with Gasteiger partial charge in [0.05, 0.1) is 23.1 Å². The van der Waals surface area contributed by atoms with E-state index < -0.39 is 5.16 Å². The zero-order valence-electron chi connectivity index (χ0n) is 13.6. The Hall–Kier alpha value is -2.02. The zero-order chi connectivity index (χ0) is 16.4. The molecule has 0 saturated carbocycles. The maximum atomic E-state index is 12.5. The number of piperidine rings is 1. The van der Waals surface area contributed by atoms with Gasteiger partial charge in [-0.3, -0.25) is 14.9 Å². The van der Waals surface area contributed by atoms with Crippen molar-refractivity contribution in [3.05, 3.63) is 18.2 Å². The molecule has 2 N–H and O–H groups in total. The van der Waals surface area contributed by atoms with E-state index >= 15 is 0 Å². The zero-order valence-corrected chi connectivity index (χ0v) is 15.6. The number of para-hydroxylation sites is 1.